The Balaban J connectivity index is 1.81. The molecule has 0 saturated carbocycles. The van der Waals surface area contributed by atoms with E-state index in [-0.39, 0.29) is 6.09 Å². The number of hydrogen-bond acceptors (Lipinski definition) is 3. The van der Waals surface area contributed by atoms with Crippen LogP contribution in [0.2, 0.25) is 0 Å². The van der Waals surface area contributed by atoms with Crippen molar-refractivity contribution in [2.24, 2.45) is 5.41 Å². The Hall–Kier alpha value is -0.770. The third-order valence-electron chi connectivity index (χ3n) is 3.21. The average Bonchev–Trinajstić information content (AvgIpc) is 2.45. The molecule has 2 rings (SSSR count). The Morgan fingerprint density at radius 2 is 2.14 bits per heavy atom. The Kier molecular flexibility index (Phi) is 2.39. The molecule has 2 aliphatic heterocycles. The van der Waals surface area contributed by atoms with E-state index in [9.17, 15) is 4.79 Å². The summed E-state index contributed by atoms with van der Waals surface area (Å²) in [4.78, 5) is 15.5. The molecule has 2 aliphatic rings. The van der Waals surface area contributed by atoms with Gasteiger partial charge >= 0.3 is 6.09 Å². The molecule has 80 valence electrons. The molecule has 1 spiro atoms. The monoisotopic (exact) mass is 198 g/mol. The third kappa shape index (κ3) is 1.59. The normalized spacial score (nSPS) is 25.1. The first-order valence-corrected chi connectivity index (χ1v) is 5.25. The van der Waals surface area contributed by atoms with Crippen molar-refractivity contribution in [3.8, 4) is 0 Å². The van der Waals surface area contributed by atoms with Crippen LogP contribution in [0.4, 0.5) is 4.79 Å². The summed E-state index contributed by atoms with van der Waals surface area (Å²) < 4.78 is 4.95. The van der Waals surface area contributed by atoms with Gasteiger partial charge in [-0.05, 0) is 26.9 Å². The molecule has 4 heteroatoms. The largest absolute Gasteiger partial charge is 0.450 e. The lowest BCUT2D eigenvalue weighted by Gasteiger charge is -2.47. The second-order valence-electron chi connectivity index (χ2n) is 4.54. The molecule has 2 heterocycles. The maximum atomic E-state index is 11.3. The minimum absolute atomic E-state index is 0.146. The standard InChI is InChI=1S/C10H18N2O2/c1-3-14-9(13)12-7-10(8-12)4-5-11(2)6-10/h3-8H2,1-2H3. The maximum absolute atomic E-state index is 11.3. The molecule has 0 aromatic rings. The van der Waals surface area contributed by atoms with Gasteiger partial charge in [0.25, 0.3) is 0 Å². The molecular weight excluding hydrogens is 180 g/mol. The highest BCUT2D eigenvalue weighted by atomic mass is 16.6. The number of rotatable bonds is 1. The van der Waals surface area contributed by atoms with Gasteiger partial charge in [0, 0.05) is 25.0 Å². The van der Waals surface area contributed by atoms with E-state index < -0.39 is 0 Å². The van der Waals surface area contributed by atoms with Crippen LogP contribution in [-0.2, 0) is 4.74 Å². The van der Waals surface area contributed by atoms with Crippen molar-refractivity contribution in [1.29, 1.82) is 0 Å². The lowest BCUT2D eigenvalue weighted by Crippen LogP contribution is -2.59. The third-order valence-corrected chi connectivity index (χ3v) is 3.21. The van der Waals surface area contributed by atoms with Gasteiger partial charge in [0.2, 0.25) is 0 Å². The van der Waals surface area contributed by atoms with Crippen molar-refractivity contribution >= 4 is 6.09 Å². The molecular formula is C10H18N2O2. The minimum atomic E-state index is -0.146. The van der Waals surface area contributed by atoms with Crippen molar-refractivity contribution in [3.63, 3.8) is 0 Å². The molecule has 0 N–H and O–H groups in total. The molecule has 0 atom stereocenters. The lowest BCUT2D eigenvalue weighted by molar-refractivity contribution is 0.00492. The van der Waals surface area contributed by atoms with Gasteiger partial charge < -0.3 is 14.5 Å². The predicted octanol–water partition coefficient (Wildman–Crippen LogP) is 0.780. The molecule has 1 amide bonds. The van der Waals surface area contributed by atoms with E-state index in [1.165, 1.54) is 6.42 Å². The van der Waals surface area contributed by atoms with Crippen LogP contribution in [0.1, 0.15) is 13.3 Å². The molecule has 0 unspecified atom stereocenters. The van der Waals surface area contributed by atoms with Crippen molar-refractivity contribution in [3.05, 3.63) is 0 Å². The van der Waals surface area contributed by atoms with E-state index in [1.807, 2.05) is 11.8 Å². The zero-order chi connectivity index (χ0) is 10.2. The van der Waals surface area contributed by atoms with Crippen molar-refractivity contribution in [2.75, 3.05) is 39.8 Å². The molecule has 4 nitrogen and oxygen atoms in total. The van der Waals surface area contributed by atoms with Crippen LogP contribution in [-0.4, -0.2) is 55.7 Å². The van der Waals surface area contributed by atoms with E-state index in [0.717, 1.165) is 26.2 Å². The number of hydrogen-bond donors (Lipinski definition) is 0. The summed E-state index contributed by atoms with van der Waals surface area (Å²) in [7, 11) is 2.14. The second-order valence-corrected chi connectivity index (χ2v) is 4.54. The van der Waals surface area contributed by atoms with Crippen LogP contribution in [0.3, 0.4) is 0 Å². The summed E-state index contributed by atoms with van der Waals surface area (Å²) in [5.41, 5.74) is 0.390. The topological polar surface area (TPSA) is 32.8 Å². The summed E-state index contributed by atoms with van der Waals surface area (Å²) in [6, 6.07) is 0. The summed E-state index contributed by atoms with van der Waals surface area (Å²) in [6.07, 6.45) is 1.08. The zero-order valence-corrected chi connectivity index (χ0v) is 8.95. The van der Waals surface area contributed by atoms with E-state index in [0.29, 0.717) is 12.0 Å². The molecule has 2 fully saturated rings. The predicted molar refractivity (Wildman–Crippen MR) is 53.1 cm³/mol. The average molecular weight is 198 g/mol. The fourth-order valence-electron chi connectivity index (χ4n) is 2.52. The number of likely N-dealkylation sites (tertiary alicyclic amines) is 2. The molecule has 14 heavy (non-hydrogen) atoms. The maximum Gasteiger partial charge on any atom is 0.409 e. The van der Waals surface area contributed by atoms with Crippen molar-refractivity contribution < 1.29 is 9.53 Å². The van der Waals surface area contributed by atoms with E-state index >= 15 is 0 Å². The Morgan fingerprint density at radius 3 is 2.64 bits per heavy atom. The highest BCUT2D eigenvalue weighted by Gasteiger charge is 2.48. The Morgan fingerprint density at radius 1 is 1.43 bits per heavy atom. The first-order chi connectivity index (χ1) is 6.65. The Bertz CT molecular complexity index is 236. The fraction of sp³-hybridized carbons (Fsp3) is 0.900. The molecule has 0 aromatic carbocycles. The minimum Gasteiger partial charge on any atom is -0.450 e. The number of nitrogens with zero attached hydrogens (tertiary/aromatic N) is 2. The lowest BCUT2D eigenvalue weighted by atomic mass is 9.79. The SMILES string of the molecule is CCOC(=O)N1CC2(CCN(C)C2)C1. The van der Waals surface area contributed by atoms with Gasteiger partial charge in [-0.3, -0.25) is 0 Å². The van der Waals surface area contributed by atoms with Crippen LogP contribution in [0.25, 0.3) is 0 Å². The quantitative estimate of drug-likeness (QED) is 0.624. The van der Waals surface area contributed by atoms with Crippen LogP contribution in [0.5, 0.6) is 0 Å². The van der Waals surface area contributed by atoms with Gasteiger partial charge in [-0.25, -0.2) is 4.79 Å². The van der Waals surface area contributed by atoms with Crippen LogP contribution in [0.15, 0.2) is 0 Å². The first kappa shape index (κ1) is 9.77. The summed E-state index contributed by atoms with van der Waals surface area (Å²) in [5.74, 6) is 0. The van der Waals surface area contributed by atoms with Gasteiger partial charge in [-0.1, -0.05) is 0 Å². The summed E-state index contributed by atoms with van der Waals surface area (Å²) in [5, 5.41) is 0. The fourth-order valence-corrected chi connectivity index (χ4v) is 2.52. The van der Waals surface area contributed by atoms with Gasteiger partial charge in [-0.15, -0.1) is 0 Å². The zero-order valence-electron chi connectivity index (χ0n) is 8.95. The number of amides is 1. The molecule has 0 radical (unpaired) electrons. The van der Waals surface area contributed by atoms with E-state index in [4.69, 9.17) is 4.74 Å². The van der Waals surface area contributed by atoms with Gasteiger partial charge in [0.05, 0.1) is 6.61 Å². The van der Waals surface area contributed by atoms with Crippen LogP contribution in [0, 0.1) is 5.41 Å². The smallest absolute Gasteiger partial charge is 0.409 e. The number of ether oxygens (including phenoxy) is 1. The number of carbonyl (C=O) groups is 1. The second kappa shape index (κ2) is 3.42. The van der Waals surface area contributed by atoms with Gasteiger partial charge in [0.15, 0.2) is 0 Å². The Labute approximate surface area is 84.8 Å². The van der Waals surface area contributed by atoms with Crippen molar-refractivity contribution in [1.82, 2.24) is 9.80 Å². The summed E-state index contributed by atoms with van der Waals surface area (Å²) in [6.45, 7) is 6.38. The van der Waals surface area contributed by atoms with Gasteiger partial charge in [0.1, 0.15) is 0 Å². The van der Waals surface area contributed by atoms with E-state index in [2.05, 4.69) is 11.9 Å². The van der Waals surface area contributed by atoms with Crippen LogP contribution >= 0.6 is 0 Å². The number of carbonyl (C=O) groups excluding carboxylic acids is 1. The van der Waals surface area contributed by atoms with Gasteiger partial charge in [-0.2, -0.15) is 0 Å². The first-order valence-electron chi connectivity index (χ1n) is 5.25. The van der Waals surface area contributed by atoms with E-state index in [1.54, 1.807) is 0 Å². The molecule has 0 aromatic heterocycles. The van der Waals surface area contributed by atoms with Crippen LogP contribution < -0.4 is 0 Å². The molecule has 2 saturated heterocycles. The summed E-state index contributed by atoms with van der Waals surface area (Å²) >= 11 is 0. The molecule has 0 aliphatic carbocycles. The highest BCUT2D eigenvalue weighted by molar-refractivity contribution is 5.69. The molecule has 0 bridgehead atoms. The highest BCUT2D eigenvalue weighted by Crippen LogP contribution is 2.38. The van der Waals surface area contributed by atoms with Crippen molar-refractivity contribution in [2.45, 2.75) is 13.3 Å².